The van der Waals surface area contributed by atoms with Crippen LogP contribution < -0.4 is 0 Å². The highest BCUT2D eigenvalue weighted by atomic mass is 35.5. The average molecular weight is 374 g/mol. The van der Waals surface area contributed by atoms with Crippen molar-refractivity contribution in [3.8, 4) is 0 Å². The molecule has 4 nitrogen and oxygen atoms in total. The molecule has 1 aromatic carbocycles. The molecule has 1 aromatic rings. The van der Waals surface area contributed by atoms with Gasteiger partial charge in [0.25, 0.3) is 0 Å². The number of carbonyl (C=O) groups excluding carboxylic acids is 1. The molecule has 1 amide bonds. The summed E-state index contributed by atoms with van der Waals surface area (Å²) in [5, 5.41) is 10.9. The molecule has 1 saturated heterocycles. The Morgan fingerprint density at radius 2 is 2.04 bits per heavy atom. The van der Waals surface area contributed by atoms with Crippen LogP contribution in [-0.2, 0) is 4.74 Å². The average Bonchev–Trinajstić information content (AvgIpc) is 2.70. The van der Waals surface area contributed by atoms with Crippen LogP contribution in [0, 0.1) is 5.92 Å². The van der Waals surface area contributed by atoms with Crippen LogP contribution >= 0.6 is 23.2 Å². The molecule has 1 aliphatic heterocycles. The lowest BCUT2D eigenvalue weighted by Gasteiger charge is -2.29. The Hall–Kier alpha value is -0.970. The molecule has 1 N–H and O–H groups in total. The molecule has 6 heteroatoms. The Labute approximate surface area is 153 Å². The van der Waals surface area contributed by atoms with Gasteiger partial charge in [0.1, 0.15) is 5.60 Å². The van der Waals surface area contributed by atoms with Crippen molar-refractivity contribution >= 4 is 29.3 Å². The Bertz CT molecular complexity index is 586. The predicted octanol–water partition coefficient (Wildman–Crippen LogP) is 4.72. The number of halogens is 2. The number of aliphatic hydroxyl groups excluding tert-OH is 1. The van der Waals surface area contributed by atoms with Gasteiger partial charge in [-0.1, -0.05) is 29.3 Å². The van der Waals surface area contributed by atoms with E-state index in [9.17, 15) is 9.90 Å². The van der Waals surface area contributed by atoms with Gasteiger partial charge >= 0.3 is 6.09 Å². The highest BCUT2D eigenvalue weighted by molar-refractivity contribution is 6.42. The van der Waals surface area contributed by atoms with Crippen molar-refractivity contribution in [2.45, 2.75) is 45.1 Å². The van der Waals surface area contributed by atoms with Gasteiger partial charge < -0.3 is 14.7 Å². The Balaban J connectivity index is 2.16. The monoisotopic (exact) mass is 373 g/mol. The Morgan fingerprint density at radius 3 is 2.62 bits per heavy atom. The standard InChI is InChI=1S/C18H25Cl2NO3/c1-18(2,3)24-17(23)21-8-4-5-14(13(10-21)11-22)12-6-7-15(19)16(20)9-12/h6-7,9,13-14,22H,4-5,8,10-11H2,1-3H3. The van der Waals surface area contributed by atoms with Crippen LogP contribution in [0.5, 0.6) is 0 Å². The summed E-state index contributed by atoms with van der Waals surface area (Å²) < 4.78 is 5.47. The van der Waals surface area contributed by atoms with Gasteiger partial charge in [-0.25, -0.2) is 4.79 Å². The second-order valence-corrected chi connectivity index (χ2v) is 8.11. The number of carbonyl (C=O) groups is 1. The minimum atomic E-state index is -0.527. The number of amides is 1. The van der Waals surface area contributed by atoms with Crippen LogP contribution in [0.4, 0.5) is 4.79 Å². The number of nitrogens with zero attached hydrogens (tertiary/aromatic N) is 1. The second-order valence-electron chi connectivity index (χ2n) is 7.29. The summed E-state index contributed by atoms with van der Waals surface area (Å²) in [6.07, 6.45) is 1.40. The van der Waals surface area contributed by atoms with Gasteiger partial charge in [-0.05, 0) is 57.2 Å². The molecule has 134 valence electrons. The van der Waals surface area contributed by atoms with Crippen molar-refractivity contribution in [3.05, 3.63) is 33.8 Å². The van der Waals surface area contributed by atoms with Crippen LogP contribution in [0.2, 0.25) is 10.0 Å². The van der Waals surface area contributed by atoms with Gasteiger partial charge in [0.15, 0.2) is 0 Å². The zero-order chi connectivity index (χ0) is 17.9. The van der Waals surface area contributed by atoms with Crippen molar-refractivity contribution in [2.75, 3.05) is 19.7 Å². The van der Waals surface area contributed by atoms with Gasteiger partial charge in [0.05, 0.1) is 10.0 Å². The minimum absolute atomic E-state index is 0.00418. The molecule has 0 aromatic heterocycles. The molecule has 1 heterocycles. The van der Waals surface area contributed by atoms with Crippen LogP contribution in [0.25, 0.3) is 0 Å². The number of rotatable bonds is 2. The first-order valence-electron chi connectivity index (χ1n) is 8.25. The fourth-order valence-corrected chi connectivity index (χ4v) is 3.41. The maximum atomic E-state index is 12.4. The molecule has 2 unspecified atom stereocenters. The third-order valence-electron chi connectivity index (χ3n) is 4.23. The number of benzene rings is 1. The van der Waals surface area contributed by atoms with Crippen LogP contribution in [-0.4, -0.2) is 41.4 Å². The summed E-state index contributed by atoms with van der Waals surface area (Å²) >= 11 is 12.1. The maximum absolute atomic E-state index is 12.4. The predicted molar refractivity (Wildman–Crippen MR) is 96.8 cm³/mol. The first kappa shape index (κ1) is 19.4. The van der Waals surface area contributed by atoms with Crippen LogP contribution in [0.1, 0.15) is 45.1 Å². The number of hydrogen-bond donors (Lipinski definition) is 1. The maximum Gasteiger partial charge on any atom is 0.410 e. The van der Waals surface area contributed by atoms with Crippen LogP contribution in [0.3, 0.4) is 0 Å². The first-order chi connectivity index (χ1) is 11.2. The van der Waals surface area contributed by atoms with E-state index in [1.807, 2.05) is 32.9 Å². The van der Waals surface area contributed by atoms with E-state index >= 15 is 0 Å². The summed E-state index contributed by atoms with van der Waals surface area (Å²) in [6.45, 7) is 6.66. The van der Waals surface area contributed by atoms with Crippen LogP contribution in [0.15, 0.2) is 18.2 Å². The molecule has 0 bridgehead atoms. The topological polar surface area (TPSA) is 49.8 Å². The molecular weight excluding hydrogens is 349 g/mol. The van der Waals surface area contributed by atoms with Crippen molar-refractivity contribution in [1.82, 2.24) is 4.90 Å². The van der Waals surface area contributed by atoms with Crippen molar-refractivity contribution in [1.29, 1.82) is 0 Å². The summed E-state index contributed by atoms with van der Waals surface area (Å²) in [4.78, 5) is 14.1. The summed E-state index contributed by atoms with van der Waals surface area (Å²) in [5.41, 5.74) is 0.524. The molecule has 1 fully saturated rings. The number of hydrogen-bond acceptors (Lipinski definition) is 3. The fraction of sp³-hybridized carbons (Fsp3) is 0.611. The molecule has 0 radical (unpaired) electrons. The van der Waals surface area contributed by atoms with E-state index in [1.165, 1.54) is 0 Å². The number of aliphatic hydroxyl groups is 1. The van der Waals surface area contributed by atoms with E-state index in [2.05, 4.69) is 0 Å². The zero-order valence-electron chi connectivity index (χ0n) is 14.4. The van der Waals surface area contributed by atoms with E-state index in [4.69, 9.17) is 27.9 Å². The third-order valence-corrected chi connectivity index (χ3v) is 4.96. The molecule has 2 rings (SSSR count). The number of likely N-dealkylation sites (tertiary alicyclic amines) is 1. The van der Waals surface area contributed by atoms with Crippen molar-refractivity contribution < 1.29 is 14.6 Å². The fourth-order valence-electron chi connectivity index (χ4n) is 3.10. The van der Waals surface area contributed by atoms with Gasteiger partial charge in [-0.3, -0.25) is 0 Å². The zero-order valence-corrected chi connectivity index (χ0v) is 15.9. The first-order valence-corrected chi connectivity index (χ1v) is 9.00. The van der Waals surface area contributed by atoms with E-state index in [-0.39, 0.29) is 24.5 Å². The van der Waals surface area contributed by atoms with Crippen molar-refractivity contribution in [2.24, 2.45) is 5.92 Å². The van der Waals surface area contributed by atoms with E-state index in [0.29, 0.717) is 23.1 Å². The van der Waals surface area contributed by atoms with E-state index < -0.39 is 5.60 Å². The Kier molecular flexibility index (Phi) is 6.40. The second kappa shape index (κ2) is 7.94. The molecular formula is C18H25Cl2NO3. The van der Waals surface area contributed by atoms with Gasteiger partial charge in [-0.2, -0.15) is 0 Å². The van der Waals surface area contributed by atoms with E-state index in [0.717, 1.165) is 18.4 Å². The minimum Gasteiger partial charge on any atom is -0.444 e. The van der Waals surface area contributed by atoms with Gasteiger partial charge in [0.2, 0.25) is 0 Å². The van der Waals surface area contributed by atoms with Gasteiger partial charge in [0, 0.05) is 25.6 Å². The van der Waals surface area contributed by atoms with E-state index in [1.54, 1.807) is 11.0 Å². The highest BCUT2D eigenvalue weighted by Gasteiger charge is 2.32. The molecule has 24 heavy (non-hydrogen) atoms. The highest BCUT2D eigenvalue weighted by Crippen LogP contribution is 2.35. The smallest absolute Gasteiger partial charge is 0.410 e. The SMILES string of the molecule is CC(C)(C)OC(=O)N1CCCC(c2ccc(Cl)c(Cl)c2)C(CO)C1. The Morgan fingerprint density at radius 1 is 1.33 bits per heavy atom. The molecule has 0 spiro atoms. The summed E-state index contributed by atoms with van der Waals surface area (Å²) in [7, 11) is 0. The number of ether oxygens (including phenoxy) is 1. The lowest BCUT2D eigenvalue weighted by Crippen LogP contribution is -2.40. The summed E-state index contributed by atoms with van der Waals surface area (Å²) in [6, 6.07) is 5.59. The summed E-state index contributed by atoms with van der Waals surface area (Å²) in [5.74, 6) is 0.0782. The van der Waals surface area contributed by atoms with Gasteiger partial charge in [-0.15, -0.1) is 0 Å². The quantitative estimate of drug-likeness (QED) is 0.815. The van der Waals surface area contributed by atoms with Crippen molar-refractivity contribution in [3.63, 3.8) is 0 Å². The molecule has 0 saturated carbocycles. The lowest BCUT2D eigenvalue weighted by atomic mass is 9.84. The normalized spacial score (nSPS) is 22.2. The third kappa shape index (κ3) is 5.01. The molecule has 0 aliphatic carbocycles. The largest absolute Gasteiger partial charge is 0.444 e. The molecule has 1 aliphatic rings. The molecule has 2 atom stereocenters. The lowest BCUT2D eigenvalue weighted by molar-refractivity contribution is 0.0214.